The molecule has 3 nitrogen and oxygen atoms in total. The molecule has 0 spiro atoms. The van der Waals surface area contributed by atoms with Crippen molar-refractivity contribution in [3.05, 3.63) is 35.9 Å². The second kappa shape index (κ2) is 8.75. The third-order valence-electron chi connectivity index (χ3n) is 3.56. The number of nitrogens with two attached hydrogens (primary N) is 1. The van der Waals surface area contributed by atoms with Gasteiger partial charge in [0.2, 0.25) is 5.91 Å². The Morgan fingerprint density at radius 3 is 2.40 bits per heavy atom. The van der Waals surface area contributed by atoms with Crippen molar-refractivity contribution in [3.8, 4) is 0 Å². The second-order valence-electron chi connectivity index (χ2n) is 5.87. The fraction of sp³-hybridized carbons (Fsp3) is 0.588. The number of nitrogens with one attached hydrogen (secondary N) is 1. The van der Waals surface area contributed by atoms with Crippen molar-refractivity contribution < 1.29 is 4.79 Å². The highest BCUT2D eigenvalue weighted by Gasteiger charge is 2.17. The topological polar surface area (TPSA) is 55.1 Å². The molecule has 1 amide bonds. The predicted octanol–water partition coefficient (Wildman–Crippen LogP) is 3.27. The van der Waals surface area contributed by atoms with Gasteiger partial charge < -0.3 is 11.1 Å². The molecule has 3 heteroatoms. The fourth-order valence-corrected chi connectivity index (χ4v) is 2.55. The molecule has 20 heavy (non-hydrogen) atoms. The summed E-state index contributed by atoms with van der Waals surface area (Å²) in [6.45, 7) is 7.00. The quantitative estimate of drug-likeness (QED) is 0.765. The number of benzene rings is 1. The van der Waals surface area contributed by atoms with Gasteiger partial charge in [0.1, 0.15) is 0 Å². The van der Waals surface area contributed by atoms with E-state index in [0.717, 1.165) is 18.4 Å². The van der Waals surface area contributed by atoms with Crippen molar-refractivity contribution in [2.24, 2.45) is 17.6 Å². The SMILES string of the molecule is CCC(NC(=O)C[C@@H](CN)CC(C)C)c1ccccc1. The monoisotopic (exact) mass is 276 g/mol. The summed E-state index contributed by atoms with van der Waals surface area (Å²) < 4.78 is 0. The molecule has 0 heterocycles. The Morgan fingerprint density at radius 2 is 1.90 bits per heavy atom. The molecule has 0 bridgehead atoms. The summed E-state index contributed by atoms with van der Waals surface area (Å²) in [5.74, 6) is 0.965. The summed E-state index contributed by atoms with van der Waals surface area (Å²) in [5.41, 5.74) is 6.93. The van der Waals surface area contributed by atoms with E-state index < -0.39 is 0 Å². The molecule has 1 aromatic carbocycles. The van der Waals surface area contributed by atoms with Crippen molar-refractivity contribution in [2.75, 3.05) is 6.54 Å². The summed E-state index contributed by atoms with van der Waals surface area (Å²) in [7, 11) is 0. The molecule has 0 aromatic heterocycles. The maximum atomic E-state index is 12.2. The molecule has 0 aliphatic rings. The third-order valence-corrected chi connectivity index (χ3v) is 3.56. The maximum Gasteiger partial charge on any atom is 0.220 e. The number of hydrogen-bond donors (Lipinski definition) is 2. The van der Waals surface area contributed by atoms with Gasteiger partial charge in [0.25, 0.3) is 0 Å². The van der Waals surface area contributed by atoms with Crippen LogP contribution in [0.2, 0.25) is 0 Å². The molecule has 0 saturated heterocycles. The largest absolute Gasteiger partial charge is 0.349 e. The first-order chi connectivity index (χ1) is 9.56. The number of amides is 1. The fourth-order valence-electron chi connectivity index (χ4n) is 2.55. The summed E-state index contributed by atoms with van der Waals surface area (Å²) >= 11 is 0. The molecular formula is C17H28N2O. The van der Waals surface area contributed by atoms with E-state index in [1.807, 2.05) is 18.2 Å². The highest BCUT2D eigenvalue weighted by atomic mass is 16.1. The lowest BCUT2D eigenvalue weighted by molar-refractivity contribution is -0.122. The molecule has 0 saturated carbocycles. The van der Waals surface area contributed by atoms with Gasteiger partial charge >= 0.3 is 0 Å². The summed E-state index contributed by atoms with van der Waals surface area (Å²) in [4.78, 5) is 12.2. The number of hydrogen-bond acceptors (Lipinski definition) is 2. The van der Waals surface area contributed by atoms with Crippen LogP contribution in [0.4, 0.5) is 0 Å². The van der Waals surface area contributed by atoms with Crippen LogP contribution in [0.15, 0.2) is 30.3 Å². The maximum absolute atomic E-state index is 12.2. The van der Waals surface area contributed by atoms with Crippen LogP contribution >= 0.6 is 0 Å². The molecule has 0 radical (unpaired) electrons. The lowest BCUT2D eigenvalue weighted by Crippen LogP contribution is -2.31. The van der Waals surface area contributed by atoms with Crippen LogP contribution in [0.5, 0.6) is 0 Å². The first-order valence-corrected chi connectivity index (χ1v) is 7.61. The van der Waals surface area contributed by atoms with Gasteiger partial charge in [0, 0.05) is 6.42 Å². The molecule has 3 N–H and O–H groups in total. The van der Waals surface area contributed by atoms with E-state index in [2.05, 4.69) is 38.2 Å². The summed E-state index contributed by atoms with van der Waals surface area (Å²) in [6, 6.07) is 10.2. The Kier molecular flexibility index (Phi) is 7.31. The summed E-state index contributed by atoms with van der Waals surface area (Å²) in [5, 5.41) is 3.13. The van der Waals surface area contributed by atoms with Gasteiger partial charge in [-0.1, -0.05) is 51.1 Å². The molecular weight excluding hydrogens is 248 g/mol. The highest BCUT2D eigenvalue weighted by molar-refractivity contribution is 5.76. The molecule has 1 unspecified atom stereocenters. The van der Waals surface area contributed by atoms with E-state index in [1.54, 1.807) is 0 Å². The van der Waals surface area contributed by atoms with Crippen molar-refractivity contribution in [2.45, 2.75) is 46.1 Å². The van der Waals surface area contributed by atoms with E-state index in [-0.39, 0.29) is 17.9 Å². The lowest BCUT2D eigenvalue weighted by Gasteiger charge is -2.21. The average molecular weight is 276 g/mol. The van der Waals surface area contributed by atoms with E-state index >= 15 is 0 Å². The van der Waals surface area contributed by atoms with E-state index in [9.17, 15) is 4.79 Å². The van der Waals surface area contributed by atoms with Crippen LogP contribution in [0.3, 0.4) is 0 Å². The molecule has 0 fully saturated rings. The minimum absolute atomic E-state index is 0.0983. The molecule has 2 atom stereocenters. The van der Waals surface area contributed by atoms with Crippen LogP contribution in [0.25, 0.3) is 0 Å². The van der Waals surface area contributed by atoms with Gasteiger partial charge in [0.05, 0.1) is 6.04 Å². The number of carbonyl (C=O) groups excluding carboxylic acids is 1. The first-order valence-electron chi connectivity index (χ1n) is 7.61. The Bertz CT molecular complexity index is 389. The highest BCUT2D eigenvalue weighted by Crippen LogP contribution is 2.18. The standard InChI is InChI=1S/C17H28N2O/c1-4-16(15-8-6-5-7-9-15)19-17(20)11-14(12-18)10-13(2)3/h5-9,13-14,16H,4,10-12,18H2,1-3H3,(H,19,20)/t14-,16?/m0/s1. The van der Waals surface area contributed by atoms with Gasteiger partial charge in [-0.25, -0.2) is 0 Å². The molecule has 1 aromatic rings. The minimum Gasteiger partial charge on any atom is -0.349 e. The summed E-state index contributed by atoms with van der Waals surface area (Å²) in [6.07, 6.45) is 2.43. The smallest absolute Gasteiger partial charge is 0.220 e. The number of carbonyl (C=O) groups is 1. The van der Waals surface area contributed by atoms with Crippen LogP contribution < -0.4 is 11.1 Å². The van der Waals surface area contributed by atoms with Gasteiger partial charge in [-0.3, -0.25) is 4.79 Å². The van der Waals surface area contributed by atoms with Crippen LogP contribution in [0.1, 0.15) is 51.6 Å². The first kappa shape index (κ1) is 16.7. The molecule has 0 aliphatic heterocycles. The number of rotatable bonds is 8. The van der Waals surface area contributed by atoms with Crippen molar-refractivity contribution >= 4 is 5.91 Å². The second-order valence-corrected chi connectivity index (χ2v) is 5.87. The normalized spacial score (nSPS) is 14.1. The van der Waals surface area contributed by atoms with Gasteiger partial charge in [-0.2, -0.15) is 0 Å². The average Bonchev–Trinajstić information content (AvgIpc) is 2.44. The van der Waals surface area contributed by atoms with Gasteiger partial charge in [0.15, 0.2) is 0 Å². The lowest BCUT2D eigenvalue weighted by atomic mass is 9.93. The Balaban J connectivity index is 2.55. The van der Waals surface area contributed by atoms with E-state index in [1.165, 1.54) is 0 Å². The zero-order chi connectivity index (χ0) is 15.0. The van der Waals surface area contributed by atoms with Crippen LogP contribution in [-0.2, 0) is 4.79 Å². The van der Waals surface area contributed by atoms with Crippen molar-refractivity contribution in [1.29, 1.82) is 0 Å². The Labute approximate surface area is 122 Å². The third kappa shape index (κ3) is 5.74. The van der Waals surface area contributed by atoms with Gasteiger partial charge in [-0.15, -0.1) is 0 Å². The zero-order valence-corrected chi connectivity index (χ0v) is 12.9. The Morgan fingerprint density at radius 1 is 1.25 bits per heavy atom. The van der Waals surface area contributed by atoms with Crippen molar-refractivity contribution in [1.82, 2.24) is 5.32 Å². The molecule has 112 valence electrons. The van der Waals surface area contributed by atoms with Crippen LogP contribution in [0, 0.1) is 11.8 Å². The zero-order valence-electron chi connectivity index (χ0n) is 12.9. The van der Waals surface area contributed by atoms with Gasteiger partial charge in [-0.05, 0) is 36.8 Å². The predicted molar refractivity (Wildman–Crippen MR) is 84.2 cm³/mol. The van der Waals surface area contributed by atoms with E-state index in [4.69, 9.17) is 5.73 Å². The molecule has 0 aliphatic carbocycles. The van der Waals surface area contributed by atoms with Crippen LogP contribution in [-0.4, -0.2) is 12.5 Å². The van der Waals surface area contributed by atoms with Crippen molar-refractivity contribution in [3.63, 3.8) is 0 Å². The minimum atomic E-state index is 0.0983. The van der Waals surface area contributed by atoms with E-state index in [0.29, 0.717) is 18.9 Å². The Hall–Kier alpha value is -1.35. The molecule has 1 rings (SSSR count).